The Morgan fingerprint density at radius 1 is 1.02 bits per heavy atom. The van der Waals surface area contributed by atoms with E-state index in [0.717, 1.165) is 5.57 Å². The summed E-state index contributed by atoms with van der Waals surface area (Å²) in [6, 6.07) is -2.76. The van der Waals surface area contributed by atoms with Crippen molar-refractivity contribution in [3.05, 3.63) is 11.6 Å². The molecule has 2 fully saturated rings. The molecule has 0 aromatic heterocycles. The van der Waals surface area contributed by atoms with Crippen LogP contribution in [0.1, 0.15) is 89.0 Å². The van der Waals surface area contributed by atoms with Gasteiger partial charge in [-0.2, -0.15) is 0 Å². The number of carbonyl (C=O) groups is 5. The average Bonchev–Trinajstić information content (AvgIpc) is 3.13. The first-order chi connectivity index (χ1) is 18.2. The summed E-state index contributed by atoms with van der Waals surface area (Å²) in [6.07, 6.45) is 1.96. The minimum Gasteiger partial charge on any atom is -0.444 e. The maximum Gasteiger partial charge on any atom is 0.408 e. The Labute approximate surface area is 239 Å². The highest BCUT2D eigenvalue weighted by Gasteiger charge is 2.70. The van der Waals surface area contributed by atoms with Crippen LogP contribution in [-0.4, -0.2) is 71.3 Å². The van der Waals surface area contributed by atoms with Gasteiger partial charge in [0.05, 0.1) is 6.04 Å². The van der Waals surface area contributed by atoms with Crippen LogP contribution in [-0.2, 0) is 23.9 Å². The molecule has 5 atom stereocenters. The van der Waals surface area contributed by atoms with E-state index < -0.39 is 52.8 Å². The normalized spacial score (nSPS) is 22.8. The zero-order chi connectivity index (χ0) is 30.8. The van der Waals surface area contributed by atoms with Crippen molar-refractivity contribution >= 4 is 29.6 Å². The lowest BCUT2D eigenvalue weighted by atomic mass is 9.85. The highest BCUT2D eigenvalue weighted by Crippen LogP contribution is 2.65. The number of rotatable bonds is 10. The number of nitrogens with zero attached hydrogens (tertiary/aromatic N) is 1. The number of piperidine rings is 1. The van der Waals surface area contributed by atoms with Crippen molar-refractivity contribution in [3.63, 3.8) is 0 Å². The molecular weight excluding hydrogens is 512 g/mol. The van der Waals surface area contributed by atoms with Gasteiger partial charge < -0.3 is 25.6 Å². The van der Waals surface area contributed by atoms with Crippen molar-refractivity contribution < 1.29 is 28.7 Å². The van der Waals surface area contributed by atoms with E-state index in [1.165, 1.54) is 4.90 Å². The maximum atomic E-state index is 14.0. The minimum absolute atomic E-state index is 0.0949. The third-order valence-electron chi connectivity index (χ3n) is 7.74. The quantitative estimate of drug-likeness (QED) is 0.276. The third kappa shape index (κ3) is 8.07. The number of carbonyl (C=O) groups excluding carboxylic acids is 5. The molecule has 1 aliphatic carbocycles. The number of hydrogen-bond acceptors (Lipinski definition) is 6. The number of allylic oxidation sites excluding steroid dienone is 1. The average molecular weight is 563 g/mol. The fraction of sp³-hybridized carbons (Fsp3) is 0.767. The molecule has 10 heteroatoms. The molecule has 0 bridgehead atoms. The lowest BCUT2D eigenvalue weighted by Crippen LogP contribution is -2.60. The van der Waals surface area contributed by atoms with E-state index in [0.29, 0.717) is 19.4 Å². The molecule has 4 amide bonds. The molecule has 1 saturated carbocycles. The van der Waals surface area contributed by atoms with Crippen LogP contribution in [0.2, 0.25) is 0 Å². The van der Waals surface area contributed by atoms with E-state index in [4.69, 9.17) is 4.74 Å². The number of likely N-dealkylation sites (tertiary alicyclic amines) is 1. The van der Waals surface area contributed by atoms with Gasteiger partial charge in [0.2, 0.25) is 17.6 Å². The molecule has 10 nitrogen and oxygen atoms in total. The molecule has 0 aromatic rings. The second kappa shape index (κ2) is 12.3. The monoisotopic (exact) mass is 562 g/mol. The second-order valence-corrected chi connectivity index (χ2v) is 14.0. The Hall–Kier alpha value is -2.91. The zero-order valence-electron chi connectivity index (χ0n) is 26.2. The Bertz CT molecular complexity index is 1030. The number of alkyl carbamates (subject to hydrolysis) is 1. The van der Waals surface area contributed by atoms with Crippen LogP contribution in [0.5, 0.6) is 0 Å². The summed E-state index contributed by atoms with van der Waals surface area (Å²) in [5.41, 5.74) is -0.550. The van der Waals surface area contributed by atoms with Crippen LogP contribution in [0.25, 0.3) is 0 Å². The van der Waals surface area contributed by atoms with Gasteiger partial charge >= 0.3 is 6.09 Å². The standard InChI is InChI=1S/C30H50N4O6/c1-12-13-19(22(35)25(37)31-15-14-17(2)3)32-24(36)21-20-18(30(20,10)11)16-34(21)26(38)23(28(4,5)6)33-27(39)40-29(7,8)9/h14,18-21,23H,12-13,15-16H2,1-11H3,(H,31,37)(H,32,36)(H,33,39). The molecule has 1 heterocycles. The molecule has 0 radical (unpaired) electrons. The summed E-state index contributed by atoms with van der Waals surface area (Å²) in [5, 5.41) is 8.11. The fourth-order valence-corrected chi connectivity index (χ4v) is 5.46. The summed E-state index contributed by atoms with van der Waals surface area (Å²) < 4.78 is 5.40. The molecule has 0 spiro atoms. The first-order valence-electron chi connectivity index (χ1n) is 14.3. The van der Waals surface area contributed by atoms with Crippen molar-refractivity contribution in [2.24, 2.45) is 22.7 Å². The van der Waals surface area contributed by atoms with Crippen molar-refractivity contribution in [1.29, 1.82) is 0 Å². The number of fused-ring (bicyclic) bond motifs is 1. The molecular formula is C30H50N4O6. The zero-order valence-corrected chi connectivity index (χ0v) is 26.2. The highest BCUT2D eigenvalue weighted by atomic mass is 16.6. The van der Waals surface area contributed by atoms with Gasteiger partial charge in [-0.25, -0.2) is 4.79 Å². The topological polar surface area (TPSA) is 134 Å². The molecule has 0 aromatic carbocycles. The van der Waals surface area contributed by atoms with Crippen LogP contribution < -0.4 is 16.0 Å². The molecule has 5 unspecified atom stereocenters. The first-order valence-corrected chi connectivity index (χ1v) is 14.3. The van der Waals surface area contributed by atoms with E-state index in [9.17, 15) is 24.0 Å². The highest BCUT2D eigenvalue weighted by molar-refractivity contribution is 6.38. The van der Waals surface area contributed by atoms with Gasteiger partial charge in [0.1, 0.15) is 17.7 Å². The predicted molar refractivity (Wildman–Crippen MR) is 153 cm³/mol. The summed E-state index contributed by atoms with van der Waals surface area (Å²) in [6.45, 7) is 21.1. The number of ketones is 1. The number of hydrogen-bond donors (Lipinski definition) is 3. The molecule has 3 N–H and O–H groups in total. The summed E-state index contributed by atoms with van der Waals surface area (Å²) in [7, 11) is 0. The number of nitrogens with one attached hydrogen (secondary N) is 3. The van der Waals surface area contributed by atoms with Crippen LogP contribution in [0.3, 0.4) is 0 Å². The third-order valence-corrected chi connectivity index (χ3v) is 7.74. The molecule has 226 valence electrons. The molecule has 2 rings (SSSR count). The van der Waals surface area contributed by atoms with Gasteiger partial charge in [0.15, 0.2) is 0 Å². The molecule has 40 heavy (non-hydrogen) atoms. The second-order valence-electron chi connectivity index (χ2n) is 14.0. The number of Topliss-reactive ketones (excluding diaryl/α,β-unsaturated/α-hetero) is 1. The van der Waals surface area contributed by atoms with Crippen molar-refractivity contribution in [2.75, 3.05) is 13.1 Å². The Balaban J connectivity index is 2.28. The van der Waals surface area contributed by atoms with E-state index in [2.05, 4.69) is 29.8 Å². The van der Waals surface area contributed by atoms with E-state index in [-0.39, 0.29) is 29.7 Å². The van der Waals surface area contributed by atoms with Crippen LogP contribution in [0, 0.1) is 22.7 Å². The SMILES string of the molecule is CCCC(NC(=O)C1C2C(CN1C(=O)C(NC(=O)OC(C)(C)C)C(C)(C)C)C2(C)C)C(=O)C(=O)NCC=C(C)C. The molecule has 1 saturated heterocycles. The summed E-state index contributed by atoms with van der Waals surface area (Å²) >= 11 is 0. The Kier molecular flexibility index (Phi) is 10.2. The fourth-order valence-electron chi connectivity index (χ4n) is 5.46. The Morgan fingerprint density at radius 2 is 1.62 bits per heavy atom. The molecule has 2 aliphatic rings. The van der Waals surface area contributed by atoms with Gasteiger partial charge in [-0.15, -0.1) is 0 Å². The summed E-state index contributed by atoms with van der Waals surface area (Å²) in [5.74, 6) is -2.28. The van der Waals surface area contributed by atoms with Crippen LogP contribution >= 0.6 is 0 Å². The molecule has 1 aliphatic heterocycles. The van der Waals surface area contributed by atoms with Gasteiger partial charge in [-0.1, -0.05) is 59.6 Å². The largest absolute Gasteiger partial charge is 0.444 e. The lowest BCUT2D eigenvalue weighted by molar-refractivity contribution is -0.145. The van der Waals surface area contributed by atoms with Gasteiger partial charge in [0.25, 0.3) is 5.91 Å². The van der Waals surface area contributed by atoms with Gasteiger partial charge in [-0.3, -0.25) is 19.2 Å². The predicted octanol–water partition coefficient (Wildman–Crippen LogP) is 3.35. The van der Waals surface area contributed by atoms with Crippen LogP contribution in [0.15, 0.2) is 11.6 Å². The van der Waals surface area contributed by atoms with Gasteiger partial charge in [0, 0.05) is 13.1 Å². The van der Waals surface area contributed by atoms with Gasteiger partial charge in [-0.05, 0) is 63.7 Å². The van der Waals surface area contributed by atoms with E-state index in [1.807, 2.05) is 41.5 Å². The number of amides is 4. The van der Waals surface area contributed by atoms with Crippen LogP contribution in [0.4, 0.5) is 4.79 Å². The number of ether oxygens (including phenoxy) is 1. The van der Waals surface area contributed by atoms with Crippen molar-refractivity contribution in [3.8, 4) is 0 Å². The van der Waals surface area contributed by atoms with E-state index >= 15 is 0 Å². The lowest BCUT2D eigenvalue weighted by Gasteiger charge is -2.38. The Morgan fingerprint density at radius 3 is 2.12 bits per heavy atom. The van der Waals surface area contributed by atoms with Crippen molar-refractivity contribution in [2.45, 2.75) is 113 Å². The minimum atomic E-state index is -1.000. The maximum absolute atomic E-state index is 14.0. The first kappa shape index (κ1) is 33.3. The van der Waals surface area contributed by atoms with E-state index in [1.54, 1.807) is 26.8 Å². The summed E-state index contributed by atoms with van der Waals surface area (Å²) in [4.78, 5) is 67.4. The van der Waals surface area contributed by atoms with Crippen molar-refractivity contribution in [1.82, 2.24) is 20.9 Å². The smallest absolute Gasteiger partial charge is 0.408 e.